The van der Waals surface area contributed by atoms with Crippen LogP contribution >= 0.6 is 0 Å². The summed E-state index contributed by atoms with van der Waals surface area (Å²) in [4.78, 5) is 12.9. The van der Waals surface area contributed by atoms with E-state index in [1.165, 1.54) is 29.5 Å². The normalized spacial score (nSPS) is 25.4. The fourth-order valence-electron chi connectivity index (χ4n) is 5.41. The second kappa shape index (κ2) is 6.93. The molecule has 0 aliphatic heterocycles. The zero-order valence-electron chi connectivity index (χ0n) is 17.2. The highest BCUT2D eigenvalue weighted by molar-refractivity contribution is 5.98. The molecule has 0 spiro atoms. The summed E-state index contributed by atoms with van der Waals surface area (Å²) in [5.41, 5.74) is 6.86. The predicted octanol–water partition coefficient (Wildman–Crippen LogP) is 6.49. The lowest BCUT2D eigenvalue weighted by atomic mass is 9.68. The first-order valence-corrected chi connectivity index (χ1v) is 10.6. The zero-order valence-corrected chi connectivity index (χ0v) is 17.2. The summed E-state index contributed by atoms with van der Waals surface area (Å²) in [6.07, 6.45) is 5.35. The van der Waals surface area contributed by atoms with Gasteiger partial charge in [0.25, 0.3) is 0 Å². The number of Topliss-reactive ketones (excluding diaryl/α,β-unsaturated/α-hetero) is 1. The Kier molecular flexibility index (Phi) is 4.74. The van der Waals surface area contributed by atoms with Crippen molar-refractivity contribution in [2.45, 2.75) is 71.1 Å². The summed E-state index contributed by atoms with van der Waals surface area (Å²) in [7, 11) is 0. The van der Waals surface area contributed by atoms with Crippen molar-refractivity contribution in [3.8, 4) is 0 Å². The monoisotopic (exact) mass is 360 g/mol. The van der Waals surface area contributed by atoms with E-state index in [1.807, 2.05) is 0 Å². The highest BCUT2D eigenvalue weighted by atomic mass is 16.1. The van der Waals surface area contributed by atoms with Crippen molar-refractivity contribution in [3.05, 3.63) is 70.3 Å². The summed E-state index contributed by atoms with van der Waals surface area (Å²) in [5.74, 6) is 1.90. The number of rotatable bonds is 4. The third kappa shape index (κ3) is 3.26. The molecule has 0 N–H and O–H groups in total. The molecule has 0 fully saturated rings. The molecule has 27 heavy (non-hydrogen) atoms. The first-order chi connectivity index (χ1) is 12.9. The largest absolute Gasteiger partial charge is 0.294 e. The van der Waals surface area contributed by atoms with Crippen LogP contribution in [-0.2, 0) is 18.3 Å². The fourth-order valence-corrected chi connectivity index (χ4v) is 5.41. The van der Waals surface area contributed by atoms with Gasteiger partial charge in [-0.25, -0.2) is 0 Å². The molecule has 0 amide bonds. The molecule has 0 saturated heterocycles. The Morgan fingerprint density at radius 3 is 2.59 bits per heavy atom. The van der Waals surface area contributed by atoms with Crippen LogP contribution in [0.3, 0.4) is 0 Å². The van der Waals surface area contributed by atoms with E-state index in [0.717, 1.165) is 24.8 Å². The Hall–Kier alpha value is -1.89. The molecule has 1 heteroatoms. The van der Waals surface area contributed by atoms with Crippen molar-refractivity contribution < 1.29 is 4.79 Å². The average molecular weight is 361 g/mol. The van der Waals surface area contributed by atoms with Gasteiger partial charge in [0, 0.05) is 12.0 Å². The number of benzene rings is 2. The van der Waals surface area contributed by atoms with Crippen molar-refractivity contribution >= 4 is 5.78 Å². The van der Waals surface area contributed by atoms with Gasteiger partial charge in [-0.3, -0.25) is 4.79 Å². The van der Waals surface area contributed by atoms with E-state index in [9.17, 15) is 4.79 Å². The molecule has 0 aromatic heterocycles. The number of hydrogen-bond donors (Lipinski definition) is 0. The second-order valence-electron chi connectivity index (χ2n) is 9.48. The number of aryl methyl sites for hydroxylation is 1. The van der Waals surface area contributed by atoms with E-state index in [-0.39, 0.29) is 5.41 Å². The van der Waals surface area contributed by atoms with Crippen LogP contribution in [0.1, 0.15) is 85.5 Å². The van der Waals surface area contributed by atoms with Gasteiger partial charge in [-0.05, 0) is 77.2 Å². The number of fused-ring (bicyclic) bond motifs is 2. The minimum absolute atomic E-state index is 0.251. The second-order valence-corrected chi connectivity index (χ2v) is 9.48. The average Bonchev–Trinajstić information content (AvgIpc) is 3.00. The van der Waals surface area contributed by atoms with Crippen molar-refractivity contribution in [1.29, 1.82) is 0 Å². The summed E-state index contributed by atoms with van der Waals surface area (Å²) in [6, 6.07) is 15.5. The molecule has 142 valence electrons. The third-order valence-corrected chi connectivity index (χ3v) is 7.40. The molecule has 0 radical (unpaired) electrons. The molecule has 0 saturated carbocycles. The minimum atomic E-state index is 0.251. The fraction of sp³-hybridized carbons (Fsp3) is 0.500. The molecule has 0 heterocycles. The molecular weight excluding hydrogens is 328 g/mol. The van der Waals surface area contributed by atoms with E-state index in [2.05, 4.69) is 70.2 Å². The Morgan fingerprint density at radius 2 is 1.81 bits per heavy atom. The Balaban J connectivity index is 1.52. The van der Waals surface area contributed by atoms with E-state index in [4.69, 9.17) is 0 Å². The Morgan fingerprint density at radius 1 is 1.04 bits per heavy atom. The van der Waals surface area contributed by atoms with Crippen molar-refractivity contribution in [2.24, 2.45) is 11.8 Å². The molecular formula is C26H32O. The quantitative estimate of drug-likeness (QED) is 0.609. The van der Waals surface area contributed by atoms with Gasteiger partial charge in [0.05, 0.1) is 0 Å². The van der Waals surface area contributed by atoms with Gasteiger partial charge in [-0.15, -0.1) is 0 Å². The molecule has 1 nitrogen and oxygen atoms in total. The van der Waals surface area contributed by atoms with Crippen molar-refractivity contribution in [2.75, 3.05) is 0 Å². The van der Waals surface area contributed by atoms with Crippen LogP contribution in [0, 0.1) is 11.8 Å². The van der Waals surface area contributed by atoms with Crippen LogP contribution in [0.15, 0.2) is 42.5 Å². The van der Waals surface area contributed by atoms with Crippen LogP contribution in [0.4, 0.5) is 0 Å². The van der Waals surface area contributed by atoms with Crippen LogP contribution in [0.5, 0.6) is 0 Å². The highest BCUT2D eigenvalue weighted by Gasteiger charge is 2.40. The molecule has 2 aliphatic rings. The number of carbonyl (C=O) groups excluding carboxylic acids is 1. The molecule has 2 aromatic carbocycles. The molecule has 3 unspecified atom stereocenters. The van der Waals surface area contributed by atoms with E-state index in [0.29, 0.717) is 23.5 Å². The lowest BCUT2D eigenvalue weighted by Gasteiger charge is -2.36. The highest BCUT2D eigenvalue weighted by Crippen LogP contribution is 2.47. The van der Waals surface area contributed by atoms with Gasteiger partial charge in [0.2, 0.25) is 0 Å². The van der Waals surface area contributed by atoms with Crippen molar-refractivity contribution in [1.82, 2.24) is 0 Å². The maximum atomic E-state index is 12.9. The summed E-state index contributed by atoms with van der Waals surface area (Å²) in [6.45, 7) is 9.24. The summed E-state index contributed by atoms with van der Waals surface area (Å²) >= 11 is 0. The minimum Gasteiger partial charge on any atom is -0.294 e. The standard InChI is InChI=1S/C26H32O/c1-17(2)21-9-10-22-14-19(15-25(27)23(22)16-21)13-18(3)26(4)12-11-20-7-5-6-8-24(20)26/h5-10,16-19H,11-15H2,1-4H3. The summed E-state index contributed by atoms with van der Waals surface area (Å²) in [5, 5.41) is 0. The first kappa shape index (κ1) is 18.5. The van der Waals surface area contributed by atoms with Crippen LogP contribution < -0.4 is 0 Å². The predicted molar refractivity (Wildman–Crippen MR) is 113 cm³/mol. The smallest absolute Gasteiger partial charge is 0.163 e. The van der Waals surface area contributed by atoms with Gasteiger partial charge in [-0.2, -0.15) is 0 Å². The number of hydrogen-bond acceptors (Lipinski definition) is 1. The van der Waals surface area contributed by atoms with Crippen molar-refractivity contribution in [3.63, 3.8) is 0 Å². The van der Waals surface area contributed by atoms with E-state index < -0.39 is 0 Å². The third-order valence-electron chi connectivity index (χ3n) is 7.40. The SMILES string of the molecule is CC(C)c1ccc2c(c1)C(=O)CC(CC(C)C1(C)CCc3ccccc31)C2. The van der Waals surface area contributed by atoms with Gasteiger partial charge in [0.1, 0.15) is 0 Å². The summed E-state index contributed by atoms with van der Waals surface area (Å²) < 4.78 is 0. The first-order valence-electron chi connectivity index (χ1n) is 10.6. The molecule has 4 rings (SSSR count). The number of carbonyl (C=O) groups is 1. The van der Waals surface area contributed by atoms with Gasteiger partial charge in [-0.1, -0.05) is 64.1 Å². The van der Waals surface area contributed by atoms with Gasteiger partial charge in [0.15, 0.2) is 5.78 Å². The number of ketones is 1. The molecule has 2 aromatic rings. The lowest BCUT2D eigenvalue weighted by molar-refractivity contribution is 0.0934. The molecule has 2 aliphatic carbocycles. The maximum absolute atomic E-state index is 12.9. The van der Waals surface area contributed by atoms with Crippen LogP contribution in [0.25, 0.3) is 0 Å². The zero-order chi connectivity index (χ0) is 19.2. The molecule has 3 atom stereocenters. The van der Waals surface area contributed by atoms with Crippen LogP contribution in [0.2, 0.25) is 0 Å². The topological polar surface area (TPSA) is 17.1 Å². The Bertz CT molecular complexity index is 862. The molecule has 0 bridgehead atoms. The van der Waals surface area contributed by atoms with E-state index >= 15 is 0 Å². The van der Waals surface area contributed by atoms with Crippen LogP contribution in [-0.4, -0.2) is 5.78 Å². The van der Waals surface area contributed by atoms with E-state index in [1.54, 1.807) is 5.56 Å². The van der Waals surface area contributed by atoms with Gasteiger partial charge < -0.3 is 0 Å². The lowest BCUT2D eigenvalue weighted by Crippen LogP contribution is -2.31. The maximum Gasteiger partial charge on any atom is 0.163 e. The Labute approximate surface area is 164 Å². The van der Waals surface area contributed by atoms with Gasteiger partial charge >= 0.3 is 0 Å².